The number of benzene rings is 2. The van der Waals surface area contributed by atoms with E-state index in [-0.39, 0.29) is 23.7 Å². The van der Waals surface area contributed by atoms with Crippen LogP contribution in [0.5, 0.6) is 5.75 Å². The summed E-state index contributed by atoms with van der Waals surface area (Å²) < 4.78 is 34.6. The van der Waals surface area contributed by atoms with Crippen molar-refractivity contribution in [2.45, 2.75) is 24.9 Å². The summed E-state index contributed by atoms with van der Waals surface area (Å²) in [6, 6.07) is 14.3. The summed E-state index contributed by atoms with van der Waals surface area (Å²) in [7, 11) is -2.51. The molecule has 0 bridgehead atoms. The van der Waals surface area contributed by atoms with Gasteiger partial charge in [-0.2, -0.15) is 4.31 Å². The lowest BCUT2D eigenvalue weighted by Crippen LogP contribution is -2.31. The molecule has 5 nitrogen and oxygen atoms in total. The molecule has 0 atom stereocenters. The summed E-state index contributed by atoms with van der Waals surface area (Å²) in [5, 5.41) is 0.300. The van der Waals surface area contributed by atoms with Crippen molar-refractivity contribution in [2.75, 3.05) is 7.11 Å². The van der Waals surface area contributed by atoms with Gasteiger partial charge in [0.15, 0.2) is 5.75 Å². The summed E-state index contributed by atoms with van der Waals surface area (Å²) in [4.78, 5) is 4.12. The molecule has 1 heterocycles. The fraction of sp³-hybridized carbons (Fsp3) is 0.190. The van der Waals surface area contributed by atoms with Gasteiger partial charge in [0.25, 0.3) is 0 Å². The first-order valence-electron chi connectivity index (χ1n) is 8.79. The molecule has 0 unspecified atom stereocenters. The van der Waals surface area contributed by atoms with E-state index in [4.69, 9.17) is 16.3 Å². The van der Waals surface area contributed by atoms with E-state index in [9.17, 15) is 8.42 Å². The molecule has 0 N–H and O–H groups in total. The van der Waals surface area contributed by atoms with Gasteiger partial charge >= 0.3 is 0 Å². The van der Waals surface area contributed by atoms with Crippen molar-refractivity contribution >= 4 is 37.6 Å². The molecule has 3 rings (SSSR count). The van der Waals surface area contributed by atoms with Crippen molar-refractivity contribution < 1.29 is 13.2 Å². The third-order valence-corrected chi connectivity index (χ3v) is 7.09. The molecule has 0 amide bonds. The van der Waals surface area contributed by atoms with E-state index in [0.29, 0.717) is 9.50 Å². The van der Waals surface area contributed by atoms with Crippen LogP contribution in [0.15, 0.2) is 70.3 Å². The first kappa shape index (κ1) is 21.8. The topological polar surface area (TPSA) is 59.5 Å². The largest absolute Gasteiger partial charge is 0.494 e. The molecule has 0 saturated carbocycles. The molecule has 3 aromatic rings. The molecule has 0 fully saturated rings. The summed E-state index contributed by atoms with van der Waals surface area (Å²) in [6.45, 7) is 2.33. The predicted molar refractivity (Wildman–Crippen MR) is 118 cm³/mol. The minimum absolute atomic E-state index is 0.0110. The Kier molecular flexibility index (Phi) is 6.95. The standard InChI is InChI=1S/C21H20BrClN2O3S/c1-15-6-3-4-8-17(15)14-25(13-16-7-5-9-24-12-16)29(26,27)20-11-18(23)10-19(22)21(20)28-2/h3-12H,13-14H2,1-2H3. The zero-order valence-electron chi connectivity index (χ0n) is 16.0. The molecule has 29 heavy (non-hydrogen) atoms. The fourth-order valence-electron chi connectivity index (χ4n) is 2.96. The van der Waals surface area contributed by atoms with Gasteiger partial charge in [0.2, 0.25) is 10.0 Å². The monoisotopic (exact) mass is 494 g/mol. The van der Waals surface area contributed by atoms with E-state index in [1.807, 2.05) is 37.3 Å². The van der Waals surface area contributed by atoms with Crippen LogP contribution in [0, 0.1) is 6.92 Å². The molecule has 0 aliphatic heterocycles. The van der Waals surface area contributed by atoms with E-state index >= 15 is 0 Å². The highest BCUT2D eigenvalue weighted by Gasteiger charge is 2.30. The Hall–Kier alpha value is -1.93. The maximum absolute atomic E-state index is 13.7. The van der Waals surface area contributed by atoms with Gasteiger partial charge in [-0.25, -0.2) is 8.42 Å². The summed E-state index contributed by atoms with van der Waals surface area (Å²) in [5.41, 5.74) is 2.71. The van der Waals surface area contributed by atoms with Crippen molar-refractivity contribution in [1.82, 2.24) is 9.29 Å². The number of ether oxygens (including phenoxy) is 1. The van der Waals surface area contributed by atoms with Gasteiger partial charge in [0.05, 0.1) is 11.6 Å². The number of rotatable bonds is 7. The molecule has 152 valence electrons. The minimum atomic E-state index is -3.94. The Morgan fingerprint density at radius 3 is 2.55 bits per heavy atom. The zero-order chi connectivity index (χ0) is 21.0. The lowest BCUT2D eigenvalue weighted by Gasteiger charge is -2.24. The number of aryl methyl sites for hydroxylation is 1. The first-order valence-corrected chi connectivity index (χ1v) is 11.4. The zero-order valence-corrected chi connectivity index (χ0v) is 19.1. The maximum Gasteiger partial charge on any atom is 0.247 e. The van der Waals surface area contributed by atoms with Crippen molar-refractivity contribution in [2.24, 2.45) is 0 Å². The second kappa shape index (κ2) is 9.26. The van der Waals surface area contributed by atoms with Crippen LogP contribution >= 0.6 is 27.5 Å². The van der Waals surface area contributed by atoms with Gasteiger partial charge in [-0.1, -0.05) is 41.9 Å². The van der Waals surface area contributed by atoms with E-state index in [1.54, 1.807) is 24.5 Å². The van der Waals surface area contributed by atoms with Gasteiger partial charge in [0, 0.05) is 30.5 Å². The van der Waals surface area contributed by atoms with Crippen LogP contribution in [0.2, 0.25) is 5.02 Å². The summed E-state index contributed by atoms with van der Waals surface area (Å²) >= 11 is 9.50. The van der Waals surface area contributed by atoms with Gasteiger partial charge in [-0.15, -0.1) is 0 Å². The van der Waals surface area contributed by atoms with Crippen LogP contribution in [0.25, 0.3) is 0 Å². The predicted octanol–water partition coefficient (Wildman–Crippen LogP) is 5.21. The van der Waals surface area contributed by atoms with Crippen molar-refractivity contribution in [3.05, 3.63) is 87.1 Å². The quantitative estimate of drug-likeness (QED) is 0.452. The van der Waals surface area contributed by atoms with Crippen LogP contribution in [0.4, 0.5) is 0 Å². The SMILES string of the molecule is COc1c(Br)cc(Cl)cc1S(=O)(=O)N(Cc1cccnc1)Cc1ccccc1C. The van der Waals surface area contributed by atoms with Crippen LogP contribution < -0.4 is 4.74 Å². The average Bonchev–Trinajstić information content (AvgIpc) is 2.69. The molecular formula is C21H20BrClN2O3S. The number of nitrogens with zero attached hydrogens (tertiary/aromatic N) is 2. The van der Waals surface area contributed by atoms with Crippen LogP contribution in [0.1, 0.15) is 16.7 Å². The van der Waals surface area contributed by atoms with E-state index in [0.717, 1.165) is 16.7 Å². The number of hydrogen-bond acceptors (Lipinski definition) is 4. The number of aromatic nitrogens is 1. The van der Waals surface area contributed by atoms with Crippen LogP contribution in [-0.4, -0.2) is 24.8 Å². The van der Waals surface area contributed by atoms with E-state index in [1.165, 1.54) is 17.5 Å². The van der Waals surface area contributed by atoms with Gasteiger partial charge in [-0.3, -0.25) is 4.98 Å². The molecule has 0 aliphatic rings. The number of halogens is 2. The maximum atomic E-state index is 13.7. The molecule has 0 spiro atoms. The number of hydrogen-bond donors (Lipinski definition) is 0. The number of methoxy groups -OCH3 is 1. The summed E-state index contributed by atoms with van der Waals surface area (Å²) in [6.07, 6.45) is 3.31. The molecule has 0 radical (unpaired) electrons. The Morgan fingerprint density at radius 2 is 1.90 bits per heavy atom. The summed E-state index contributed by atoms with van der Waals surface area (Å²) in [5.74, 6) is 0.218. The smallest absolute Gasteiger partial charge is 0.247 e. The Balaban J connectivity index is 2.11. The number of pyridine rings is 1. The molecular weight excluding hydrogens is 476 g/mol. The molecule has 8 heteroatoms. The Morgan fingerprint density at radius 1 is 1.14 bits per heavy atom. The third-order valence-electron chi connectivity index (χ3n) is 4.49. The third kappa shape index (κ3) is 4.98. The van der Waals surface area contributed by atoms with E-state index < -0.39 is 10.0 Å². The normalized spacial score (nSPS) is 11.6. The highest BCUT2D eigenvalue weighted by atomic mass is 79.9. The Labute approximate surface area is 184 Å². The van der Waals surface area contributed by atoms with Crippen LogP contribution in [0.3, 0.4) is 0 Å². The average molecular weight is 496 g/mol. The van der Waals surface area contributed by atoms with Crippen molar-refractivity contribution in [1.29, 1.82) is 0 Å². The molecule has 0 saturated heterocycles. The lowest BCUT2D eigenvalue weighted by molar-refractivity contribution is 0.381. The Bertz CT molecular complexity index is 1110. The second-order valence-corrected chi connectivity index (χ2v) is 9.68. The molecule has 0 aliphatic carbocycles. The van der Waals surface area contributed by atoms with Gasteiger partial charge < -0.3 is 4.74 Å². The van der Waals surface area contributed by atoms with Crippen molar-refractivity contribution in [3.8, 4) is 5.75 Å². The fourth-order valence-corrected chi connectivity index (χ4v) is 5.74. The minimum Gasteiger partial charge on any atom is -0.494 e. The van der Waals surface area contributed by atoms with Gasteiger partial charge in [-0.05, 0) is 57.7 Å². The first-order chi connectivity index (χ1) is 13.8. The van der Waals surface area contributed by atoms with Crippen molar-refractivity contribution in [3.63, 3.8) is 0 Å². The second-order valence-electron chi connectivity index (χ2n) is 6.48. The highest BCUT2D eigenvalue weighted by Crippen LogP contribution is 2.37. The van der Waals surface area contributed by atoms with Crippen LogP contribution in [-0.2, 0) is 23.1 Å². The highest BCUT2D eigenvalue weighted by molar-refractivity contribution is 9.10. The molecule has 1 aromatic heterocycles. The van der Waals surface area contributed by atoms with E-state index in [2.05, 4.69) is 20.9 Å². The lowest BCUT2D eigenvalue weighted by atomic mass is 10.1. The molecule has 2 aromatic carbocycles. The number of sulfonamides is 1. The van der Waals surface area contributed by atoms with Gasteiger partial charge in [0.1, 0.15) is 4.90 Å².